The number of hydrogen-bond acceptors (Lipinski definition) is 6. The van der Waals surface area contributed by atoms with Crippen LogP contribution >= 0.6 is 0 Å². The average Bonchev–Trinajstić information content (AvgIpc) is 2.87. The lowest BCUT2D eigenvalue weighted by Crippen LogP contribution is -2.49. The van der Waals surface area contributed by atoms with E-state index < -0.39 is 18.0 Å². The van der Waals surface area contributed by atoms with Gasteiger partial charge in [-0.25, -0.2) is 14.0 Å². The summed E-state index contributed by atoms with van der Waals surface area (Å²) < 4.78 is 25.7. The van der Waals surface area contributed by atoms with Gasteiger partial charge in [0.25, 0.3) is 0 Å². The van der Waals surface area contributed by atoms with E-state index in [1.165, 1.54) is 17.9 Å². The normalized spacial score (nSPS) is 18.2. The summed E-state index contributed by atoms with van der Waals surface area (Å²) >= 11 is 0. The van der Waals surface area contributed by atoms with Crippen molar-refractivity contribution >= 4 is 29.5 Å². The fourth-order valence-corrected chi connectivity index (χ4v) is 4.13. The summed E-state index contributed by atoms with van der Waals surface area (Å²) in [4.78, 5) is 40.7. The molecule has 2 saturated heterocycles. The highest BCUT2D eigenvalue weighted by molar-refractivity contribution is 5.88. The summed E-state index contributed by atoms with van der Waals surface area (Å²) in [6.45, 7) is 4.01. The van der Waals surface area contributed by atoms with Gasteiger partial charge in [-0.15, -0.1) is 0 Å². The molecule has 1 atom stereocenters. The number of carbonyl (C=O) groups is 3. The molecule has 2 aliphatic rings. The van der Waals surface area contributed by atoms with Gasteiger partial charge < -0.3 is 24.6 Å². The number of cyclic esters (lactones) is 1. The molecular weight excluding hydrogens is 455 g/mol. The Morgan fingerprint density at radius 1 is 1.09 bits per heavy atom. The second kappa shape index (κ2) is 11.1. The third kappa shape index (κ3) is 6.20. The van der Waals surface area contributed by atoms with Crippen molar-refractivity contribution in [3.63, 3.8) is 0 Å². The highest BCUT2D eigenvalue weighted by Gasteiger charge is 2.29. The molecule has 3 amide bonds. The molecule has 9 nitrogen and oxygen atoms in total. The Morgan fingerprint density at radius 3 is 2.49 bits per heavy atom. The van der Waals surface area contributed by atoms with E-state index >= 15 is 0 Å². The standard InChI is InChI=1S/C25H29FN4O5/c1-18(31)27-16-21-9-10-30(25(33)35-21)20-7-8-23(22(26)15-20)28-11-13-29(14-12-28)24(32)34-17-19-5-3-2-4-6-19/h2-8,15,21H,9-14,16-17H2,1H3,(H,27,31)/t21-/m1/s1. The molecular formula is C25H29FN4O5. The maximum absolute atomic E-state index is 15.0. The van der Waals surface area contributed by atoms with Crippen molar-refractivity contribution in [1.82, 2.24) is 10.2 Å². The van der Waals surface area contributed by atoms with Gasteiger partial charge in [-0.05, 0) is 23.8 Å². The maximum atomic E-state index is 15.0. The van der Waals surface area contributed by atoms with Gasteiger partial charge in [0.05, 0.1) is 17.9 Å². The number of rotatable bonds is 6. The fourth-order valence-electron chi connectivity index (χ4n) is 4.13. The van der Waals surface area contributed by atoms with E-state index in [1.54, 1.807) is 17.0 Å². The molecule has 0 aliphatic carbocycles. The van der Waals surface area contributed by atoms with Crippen LogP contribution in [0.5, 0.6) is 0 Å². The molecule has 0 spiro atoms. The molecule has 2 heterocycles. The molecule has 2 fully saturated rings. The van der Waals surface area contributed by atoms with Crippen molar-refractivity contribution < 1.29 is 28.2 Å². The van der Waals surface area contributed by atoms with Gasteiger partial charge in [0.1, 0.15) is 18.5 Å². The van der Waals surface area contributed by atoms with Crippen molar-refractivity contribution in [2.24, 2.45) is 0 Å². The van der Waals surface area contributed by atoms with Crippen LogP contribution in [0.1, 0.15) is 18.9 Å². The van der Waals surface area contributed by atoms with Crippen molar-refractivity contribution in [1.29, 1.82) is 0 Å². The van der Waals surface area contributed by atoms with Crippen LogP contribution in [-0.2, 0) is 20.9 Å². The Labute approximate surface area is 203 Å². The summed E-state index contributed by atoms with van der Waals surface area (Å²) in [5, 5.41) is 2.64. The van der Waals surface area contributed by atoms with Crippen LogP contribution in [0.25, 0.3) is 0 Å². The quantitative estimate of drug-likeness (QED) is 0.678. The summed E-state index contributed by atoms with van der Waals surface area (Å²) in [6, 6.07) is 14.1. The predicted molar refractivity (Wildman–Crippen MR) is 128 cm³/mol. The highest BCUT2D eigenvalue weighted by atomic mass is 19.1. The molecule has 35 heavy (non-hydrogen) atoms. The molecule has 0 aromatic heterocycles. The first-order valence-electron chi connectivity index (χ1n) is 11.6. The number of amides is 3. The number of piperazine rings is 1. The van der Waals surface area contributed by atoms with Gasteiger partial charge in [0.15, 0.2) is 0 Å². The minimum absolute atomic E-state index is 0.189. The van der Waals surface area contributed by atoms with Crippen molar-refractivity contribution in [3.05, 3.63) is 59.9 Å². The van der Waals surface area contributed by atoms with Gasteiger partial charge in [0.2, 0.25) is 5.91 Å². The number of hydrogen-bond donors (Lipinski definition) is 1. The molecule has 0 saturated carbocycles. The number of anilines is 2. The Kier molecular flexibility index (Phi) is 7.69. The van der Waals surface area contributed by atoms with E-state index in [-0.39, 0.29) is 25.2 Å². The molecule has 0 unspecified atom stereocenters. The first kappa shape index (κ1) is 24.3. The van der Waals surface area contributed by atoms with E-state index in [4.69, 9.17) is 9.47 Å². The van der Waals surface area contributed by atoms with Crippen LogP contribution in [0, 0.1) is 5.82 Å². The van der Waals surface area contributed by atoms with Crippen molar-refractivity contribution in [3.8, 4) is 0 Å². The molecule has 2 aromatic rings. The van der Waals surface area contributed by atoms with Gasteiger partial charge >= 0.3 is 12.2 Å². The molecule has 2 aromatic carbocycles. The van der Waals surface area contributed by atoms with Crippen molar-refractivity contribution in [2.75, 3.05) is 49.1 Å². The van der Waals surface area contributed by atoms with Crippen LogP contribution in [-0.4, -0.2) is 68.4 Å². The minimum Gasteiger partial charge on any atom is -0.445 e. The van der Waals surface area contributed by atoms with Crippen LogP contribution in [0.2, 0.25) is 0 Å². The van der Waals surface area contributed by atoms with Gasteiger partial charge in [-0.2, -0.15) is 0 Å². The van der Waals surface area contributed by atoms with E-state index in [9.17, 15) is 18.8 Å². The van der Waals surface area contributed by atoms with E-state index in [0.717, 1.165) is 5.56 Å². The molecule has 186 valence electrons. The zero-order valence-corrected chi connectivity index (χ0v) is 19.6. The van der Waals surface area contributed by atoms with E-state index in [2.05, 4.69) is 5.32 Å². The number of ether oxygens (including phenoxy) is 2. The smallest absolute Gasteiger partial charge is 0.414 e. The van der Waals surface area contributed by atoms with Gasteiger partial charge in [-0.3, -0.25) is 9.69 Å². The lowest BCUT2D eigenvalue weighted by atomic mass is 10.1. The van der Waals surface area contributed by atoms with Crippen LogP contribution in [0.4, 0.5) is 25.4 Å². The Hall–Kier alpha value is -3.82. The lowest BCUT2D eigenvalue weighted by Gasteiger charge is -2.36. The lowest BCUT2D eigenvalue weighted by molar-refractivity contribution is -0.119. The largest absolute Gasteiger partial charge is 0.445 e. The Bertz CT molecular complexity index is 1060. The average molecular weight is 485 g/mol. The molecule has 4 rings (SSSR count). The van der Waals surface area contributed by atoms with Crippen LogP contribution < -0.4 is 15.1 Å². The van der Waals surface area contributed by atoms with Gasteiger partial charge in [0, 0.05) is 46.1 Å². The van der Waals surface area contributed by atoms with Gasteiger partial charge in [-0.1, -0.05) is 30.3 Å². The topological polar surface area (TPSA) is 91.4 Å². The Morgan fingerprint density at radius 2 is 1.83 bits per heavy atom. The zero-order chi connectivity index (χ0) is 24.8. The maximum Gasteiger partial charge on any atom is 0.414 e. The SMILES string of the molecule is CC(=O)NC[C@H]1CCN(c2ccc(N3CCN(C(=O)OCc4ccccc4)CC3)c(F)c2)C(=O)O1. The number of halogens is 1. The predicted octanol–water partition coefficient (Wildman–Crippen LogP) is 3.14. The summed E-state index contributed by atoms with van der Waals surface area (Å²) in [7, 11) is 0. The first-order valence-corrected chi connectivity index (χ1v) is 11.6. The van der Waals surface area contributed by atoms with E-state index in [0.29, 0.717) is 50.5 Å². The molecule has 1 N–H and O–H groups in total. The fraction of sp³-hybridized carbons (Fsp3) is 0.400. The molecule has 0 bridgehead atoms. The highest BCUT2D eigenvalue weighted by Crippen LogP contribution is 2.28. The number of carbonyl (C=O) groups excluding carboxylic acids is 3. The molecule has 2 aliphatic heterocycles. The number of nitrogens with zero attached hydrogens (tertiary/aromatic N) is 3. The first-order chi connectivity index (χ1) is 16.9. The van der Waals surface area contributed by atoms with E-state index in [1.807, 2.05) is 35.2 Å². The third-order valence-electron chi connectivity index (χ3n) is 6.07. The third-order valence-corrected chi connectivity index (χ3v) is 6.07. The second-order valence-corrected chi connectivity index (χ2v) is 8.53. The Balaban J connectivity index is 1.29. The summed E-state index contributed by atoms with van der Waals surface area (Å²) in [5.74, 6) is -0.637. The van der Waals surface area contributed by atoms with Crippen LogP contribution in [0.15, 0.2) is 48.5 Å². The van der Waals surface area contributed by atoms with Crippen molar-refractivity contribution in [2.45, 2.75) is 26.1 Å². The number of nitrogens with one attached hydrogen (secondary N) is 1. The second-order valence-electron chi connectivity index (χ2n) is 8.53. The molecule has 10 heteroatoms. The zero-order valence-electron chi connectivity index (χ0n) is 19.6. The van der Waals surface area contributed by atoms with Crippen LogP contribution in [0.3, 0.4) is 0 Å². The summed E-state index contributed by atoms with van der Waals surface area (Å²) in [5.41, 5.74) is 1.75. The number of benzene rings is 2. The monoisotopic (exact) mass is 484 g/mol. The molecule has 0 radical (unpaired) electrons. The minimum atomic E-state index is -0.568. The summed E-state index contributed by atoms with van der Waals surface area (Å²) in [6.07, 6.45) is -0.828.